The van der Waals surface area contributed by atoms with Crippen LogP contribution >= 0.6 is 0 Å². The molecule has 1 unspecified atom stereocenters. The van der Waals surface area contributed by atoms with Crippen LogP contribution in [0.5, 0.6) is 0 Å². The van der Waals surface area contributed by atoms with E-state index in [1.165, 1.54) is 16.3 Å². The van der Waals surface area contributed by atoms with E-state index in [-0.39, 0.29) is 11.8 Å². The molecule has 2 aromatic carbocycles. The molecule has 2 N–H and O–H groups in total. The highest BCUT2D eigenvalue weighted by atomic mass is 16.1. The molecule has 1 aromatic heterocycles. The van der Waals surface area contributed by atoms with Gasteiger partial charge in [-0.25, -0.2) is 0 Å². The van der Waals surface area contributed by atoms with Crippen LogP contribution in [-0.4, -0.2) is 16.1 Å². The van der Waals surface area contributed by atoms with Crippen LogP contribution in [0.25, 0.3) is 16.3 Å². The zero-order valence-corrected chi connectivity index (χ0v) is 12.9. The summed E-state index contributed by atoms with van der Waals surface area (Å²) in [7, 11) is 0. The maximum absolute atomic E-state index is 12.2. The van der Waals surface area contributed by atoms with Gasteiger partial charge in [0.2, 0.25) is 5.91 Å². The van der Waals surface area contributed by atoms with Crippen molar-refractivity contribution in [3.63, 3.8) is 0 Å². The second kappa shape index (κ2) is 4.93. The van der Waals surface area contributed by atoms with Gasteiger partial charge in [0, 0.05) is 17.9 Å². The first-order chi connectivity index (χ1) is 11.8. The second-order valence-electron chi connectivity index (χ2n) is 6.22. The average molecular weight is 313 g/mol. The third-order valence-electron chi connectivity index (χ3n) is 4.84. The standard InChI is InChI=1S/C20H15N3O/c24-17-11-16(15-10-4-6-12-5-1-2-9-14(12)15)18-19(13-7-3-8-13)22-23-20(18)21-17/h1-10,16H,11H2,(H2,21,22,23,24). The monoisotopic (exact) mass is 313 g/mol. The van der Waals surface area contributed by atoms with E-state index < -0.39 is 0 Å². The van der Waals surface area contributed by atoms with Crippen LogP contribution < -0.4 is 5.32 Å². The minimum Gasteiger partial charge on any atom is -0.309 e. The number of amides is 1. The zero-order chi connectivity index (χ0) is 16.1. The van der Waals surface area contributed by atoms with E-state index in [2.05, 4.69) is 58.0 Å². The van der Waals surface area contributed by atoms with Crippen molar-refractivity contribution in [3.8, 4) is 0 Å². The lowest BCUT2D eigenvalue weighted by Crippen LogP contribution is -2.23. The van der Waals surface area contributed by atoms with Crippen LogP contribution in [-0.2, 0) is 4.79 Å². The number of anilines is 1. The highest BCUT2D eigenvalue weighted by molar-refractivity contribution is 5.98. The van der Waals surface area contributed by atoms with Crippen molar-refractivity contribution in [2.24, 2.45) is 0 Å². The Hall–Kier alpha value is -3.14. The van der Waals surface area contributed by atoms with Gasteiger partial charge in [-0.2, -0.15) is 5.10 Å². The first-order valence-electron chi connectivity index (χ1n) is 8.06. The Labute approximate surface area is 138 Å². The number of carbonyl (C=O) groups excluding carboxylic acids is 1. The van der Waals surface area contributed by atoms with Gasteiger partial charge in [-0.3, -0.25) is 9.89 Å². The molecule has 5 rings (SSSR count). The number of H-pyrrole nitrogens is 1. The van der Waals surface area contributed by atoms with Gasteiger partial charge >= 0.3 is 0 Å². The van der Waals surface area contributed by atoms with E-state index in [0.717, 1.165) is 16.8 Å². The molecule has 1 atom stereocenters. The van der Waals surface area contributed by atoms with Crippen LogP contribution in [0.3, 0.4) is 0 Å². The van der Waals surface area contributed by atoms with Gasteiger partial charge in [-0.1, -0.05) is 60.7 Å². The number of hydrogen-bond donors (Lipinski definition) is 2. The minimum absolute atomic E-state index is 0.00324. The van der Waals surface area contributed by atoms with Crippen LogP contribution in [0.2, 0.25) is 0 Å². The number of benzene rings is 2. The summed E-state index contributed by atoms with van der Waals surface area (Å²) in [6, 6.07) is 14.6. The Morgan fingerprint density at radius 1 is 1.08 bits per heavy atom. The van der Waals surface area contributed by atoms with Crippen molar-refractivity contribution in [2.75, 3.05) is 5.32 Å². The topological polar surface area (TPSA) is 57.8 Å². The van der Waals surface area contributed by atoms with Crippen molar-refractivity contribution in [3.05, 3.63) is 77.5 Å². The number of aromatic amines is 1. The number of nitrogens with one attached hydrogen (secondary N) is 2. The third kappa shape index (κ3) is 1.86. The van der Waals surface area contributed by atoms with Crippen molar-refractivity contribution in [1.82, 2.24) is 10.2 Å². The Morgan fingerprint density at radius 2 is 1.92 bits per heavy atom. The van der Waals surface area contributed by atoms with E-state index >= 15 is 0 Å². The van der Waals surface area contributed by atoms with Crippen LogP contribution in [0.1, 0.15) is 29.2 Å². The average Bonchev–Trinajstić information content (AvgIpc) is 2.95. The predicted octanol–water partition coefficient (Wildman–Crippen LogP) is 3.99. The molecule has 4 nitrogen and oxygen atoms in total. The maximum atomic E-state index is 12.2. The molecular weight excluding hydrogens is 298 g/mol. The Morgan fingerprint density at radius 3 is 2.75 bits per heavy atom. The number of nitrogens with zero attached hydrogens (tertiary/aromatic N) is 1. The molecular formula is C20H15N3O. The molecule has 0 radical (unpaired) electrons. The highest BCUT2D eigenvalue weighted by Crippen LogP contribution is 2.43. The zero-order valence-electron chi connectivity index (χ0n) is 12.9. The molecule has 4 heteroatoms. The quantitative estimate of drug-likeness (QED) is 0.751. The highest BCUT2D eigenvalue weighted by Gasteiger charge is 2.33. The van der Waals surface area contributed by atoms with Gasteiger partial charge in [0.15, 0.2) is 5.82 Å². The summed E-state index contributed by atoms with van der Waals surface area (Å²) in [5, 5.41) is 12.7. The van der Waals surface area contributed by atoms with E-state index in [0.29, 0.717) is 12.2 Å². The first-order valence-corrected chi connectivity index (χ1v) is 8.06. The largest absolute Gasteiger partial charge is 0.309 e. The Balaban J connectivity index is 1.74. The van der Waals surface area contributed by atoms with Crippen LogP contribution in [0.15, 0.2) is 60.7 Å². The lowest BCUT2D eigenvalue weighted by Gasteiger charge is -2.25. The predicted molar refractivity (Wildman–Crippen MR) is 94.7 cm³/mol. The molecule has 1 amide bonds. The lowest BCUT2D eigenvalue weighted by atomic mass is 9.81. The summed E-state index contributed by atoms with van der Waals surface area (Å²) in [6.07, 6.45) is 6.57. The fourth-order valence-corrected chi connectivity index (χ4v) is 3.65. The maximum Gasteiger partial charge on any atom is 0.226 e. The summed E-state index contributed by atoms with van der Waals surface area (Å²) in [4.78, 5) is 12.2. The van der Waals surface area contributed by atoms with Gasteiger partial charge in [0.05, 0.1) is 5.69 Å². The number of fused-ring (bicyclic) bond motifs is 2. The van der Waals surface area contributed by atoms with Gasteiger partial charge in [0.25, 0.3) is 0 Å². The molecule has 1 aliphatic heterocycles. The van der Waals surface area contributed by atoms with Crippen molar-refractivity contribution in [1.29, 1.82) is 0 Å². The van der Waals surface area contributed by atoms with E-state index in [1.807, 2.05) is 18.2 Å². The number of aromatic nitrogens is 2. The fraction of sp³-hybridized carbons (Fsp3) is 0.100. The number of allylic oxidation sites excluding steroid dienone is 4. The lowest BCUT2D eigenvalue weighted by molar-refractivity contribution is -0.116. The summed E-state index contributed by atoms with van der Waals surface area (Å²) >= 11 is 0. The normalized spacial score (nSPS) is 18.8. The minimum atomic E-state index is 0.00324. The molecule has 0 saturated carbocycles. The summed E-state index contributed by atoms with van der Waals surface area (Å²) < 4.78 is 0. The van der Waals surface area contributed by atoms with Gasteiger partial charge in [0.1, 0.15) is 0 Å². The molecule has 2 aliphatic rings. The summed E-state index contributed by atoms with van der Waals surface area (Å²) in [5.74, 6) is 0.667. The molecule has 0 fully saturated rings. The van der Waals surface area contributed by atoms with E-state index in [9.17, 15) is 4.79 Å². The van der Waals surface area contributed by atoms with E-state index in [1.54, 1.807) is 0 Å². The molecule has 3 aromatic rings. The first kappa shape index (κ1) is 13.3. The molecule has 1 aliphatic carbocycles. The van der Waals surface area contributed by atoms with Gasteiger partial charge in [-0.15, -0.1) is 0 Å². The van der Waals surface area contributed by atoms with Crippen molar-refractivity contribution >= 4 is 28.1 Å². The fourth-order valence-electron chi connectivity index (χ4n) is 3.65. The second-order valence-corrected chi connectivity index (χ2v) is 6.22. The number of carbonyl (C=O) groups is 1. The van der Waals surface area contributed by atoms with E-state index in [4.69, 9.17) is 0 Å². The number of hydrogen-bond acceptors (Lipinski definition) is 2. The SMILES string of the molecule is O=C1CC(c2cccc3ccccc23)c2c(n[nH]c2C2=CC=C2)N1. The van der Waals surface area contributed by atoms with Crippen molar-refractivity contribution < 1.29 is 4.79 Å². The Bertz CT molecular complexity index is 1040. The summed E-state index contributed by atoms with van der Waals surface area (Å²) in [5.41, 5.74) is 4.40. The van der Waals surface area contributed by atoms with Gasteiger partial charge < -0.3 is 5.32 Å². The number of rotatable bonds is 2. The third-order valence-corrected chi connectivity index (χ3v) is 4.84. The molecule has 24 heavy (non-hydrogen) atoms. The smallest absolute Gasteiger partial charge is 0.226 e. The molecule has 0 bridgehead atoms. The van der Waals surface area contributed by atoms with Gasteiger partial charge in [-0.05, 0) is 21.9 Å². The molecule has 0 spiro atoms. The molecule has 0 saturated heterocycles. The van der Waals surface area contributed by atoms with Crippen LogP contribution in [0, 0.1) is 0 Å². The molecule has 2 heterocycles. The van der Waals surface area contributed by atoms with Crippen LogP contribution in [0.4, 0.5) is 5.82 Å². The summed E-state index contributed by atoms with van der Waals surface area (Å²) in [6.45, 7) is 0. The van der Waals surface area contributed by atoms with Crippen molar-refractivity contribution in [2.45, 2.75) is 12.3 Å². The molecule has 116 valence electrons. The Kier molecular flexibility index (Phi) is 2.73.